The Balaban J connectivity index is 1.15. The third-order valence-electron chi connectivity index (χ3n) is 9.00. The zero-order chi connectivity index (χ0) is 35.5. The van der Waals surface area contributed by atoms with E-state index in [-0.39, 0.29) is 34.6 Å². The molecule has 5 aromatic rings. The lowest BCUT2D eigenvalue weighted by molar-refractivity contribution is 0.0996. The van der Waals surface area contributed by atoms with Crippen LogP contribution in [0.3, 0.4) is 0 Å². The van der Waals surface area contributed by atoms with Gasteiger partial charge in [-0.25, -0.2) is 8.78 Å². The number of carbonyl (C=O) groups is 1. The van der Waals surface area contributed by atoms with E-state index in [4.69, 9.17) is 23.7 Å². The first-order valence-corrected chi connectivity index (χ1v) is 16.8. The van der Waals surface area contributed by atoms with Crippen LogP contribution >= 0.6 is 0 Å². The Morgan fingerprint density at radius 2 is 1.82 bits per heavy atom. The molecule has 0 radical (unpaired) electrons. The zero-order valence-electron chi connectivity index (χ0n) is 28.0. The molecule has 13 heteroatoms. The Morgan fingerprint density at radius 1 is 1.02 bits per heavy atom. The molecule has 2 unspecified atom stereocenters. The second kappa shape index (κ2) is 14.7. The number of aromatic nitrogens is 2. The number of rotatable bonds is 10. The number of methoxy groups -OCH3 is 1. The zero-order valence-corrected chi connectivity index (χ0v) is 28.0. The molecule has 1 saturated heterocycles. The summed E-state index contributed by atoms with van der Waals surface area (Å²) < 4.78 is 60.3. The SMILES string of the molecule is CCC(Oc1cc2nccc(Oc3ccc(NC(=O)c4c(OC)ccn(-c5ccc(F)cc5)c4=O)cc3F)c2c2c1OCCO2)C1CCCNC1. The number of anilines is 1. The Kier molecular flexibility index (Phi) is 9.71. The van der Waals surface area contributed by atoms with E-state index < -0.39 is 23.1 Å². The van der Waals surface area contributed by atoms with E-state index in [0.717, 1.165) is 38.4 Å². The third kappa shape index (κ3) is 6.89. The van der Waals surface area contributed by atoms with E-state index in [0.29, 0.717) is 53.0 Å². The van der Waals surface area contributed by atoms with Gasteiger partial charge < -0.3 is 34.3 Å². The lowest BCUT2D eigenvalue weighted by Crippen LogP contribution is -2.39. The Hall–Kier alpha value is -5.69. The van der Waals surface area contributed by atoms with Crippen LogP contribution in [0.4, 0.5) is 14.5 Å². The molecule has 2 atom stereocenters. The lowest BCUT2D eigenvalue weighted by Gasteiger charge is -2.32. The number of halogens is 2. The predicted molar refractivity (Wildman–Crippen MR) is 186 cm³/mol. The first kappa shape index (κ1) is 33.8. The van der Waals surface area contributed by atoms with Gasteiger partial charge in [0.15, 0.2) is 23.1 Å². The number of amides is 1. The van der Waals surface area contributed by atoms with Gasteiger partial charge in [0.05, 0.1) is 18.0 Å². The van der Waals surface area contributed by atoms with Crippen LogP contribution in [0.1, 0.15) is 36.5 Å². The van der Waals surface area contributed by atoms with Crippen LogP contribution in [0.5, 0.6) is 34.5 Å². The molecule has 264 valence electrons. The van der Waals surface area contributed by atoms with Crippen molar-refractivity contribution in [2.75, 3.05) is 38.7 Å². The molecule has 7 rings (SSSR count). The highest BCUT2D eigenvalue weighted by Gasteiger charge is 2.29. The highest BCUT2D eigenvalue weighted by atomic mass is 19.1. The monoisotopic (exact) mass is 698 g/mol. The van der Waals surface area contributed by atoms with Crippen LogP contribution in [-0.4, -0.2) is 55.0 Å². The highest BCUT2D eigenvalue weighted by Crippen LogP contribution is 2.49. The average molecular weight is 699 g/mol. The number of piperidine rings is 1. The van der Waals surface area contributed by atoms with E-state index in [1.807, 2.05) is 0 Å². The molecule has 11 nitrogen and oxygen atoms in total. The van der Waals surface area contributed by atoms with Crippen molar-refractivity contribution >= 4 is 22.5 Å². The quantitative estimate of drug-likeness (QED) is 0.165. The fourth-order valence-corrected chi connectivity index (χ4v) is 6.50. The Bertz CT molecular complexity index is 2130. The smallest absolute Gasteiger partial charge is 0.271 e. The third-order valence-corrected chi connectivity index (χ3v) is 9.00. The molecule has 1 fully saturated rings. The van der Waals surface area contributed by atoms with Crippen molar-refractivity contribution in [3.05, 3.63) is 101 Å². The van der Waals surface area contributed by atoms with Crippen molar-refractivity contribution in [2.45, 2.75) is 32.3 Å². The number of pyridine rings is 2. The molecular formula is C38H36F2N4O7. The summed E-state index contributed by atoms with van der Waals surface area (Å²) in [4.78, 5) is 31.3. The maximum absolute atomic E-state index is 15.6. The normalized spacial score (nSPS) is 16.0. The van der Waals surface area contributed by atoms with Crippen LogP contribution < -0.4 is 39.9 Å². The molecule has 3 aromatic carbocycles. The molecule has 0 saturated carbocycles. The van der Waals surface area contributed by atoms with Crippen LogP contribution in [-0.2, 0) is 0 Å². The van der Waals surface area contributed by atoms with E-state index in [2.05, 4.69) is 22.5 Å². The molecule has 2 aliphatic rings. The number of nitrogens with zero attached hydrogens (tertiary/aromatic N) is 2. The van der Waals surface area contributed by atoms with Crippen LogP contribution in [0.2, 0.25) is 0 Å². The number of hydrogen-bond acceptors (Lipinski definition) is 9. The van der Waals surface area contributed by atoms with Crippen LogP contribution in [0.25, 0.3) is 16.6 Å². The van der Waals surface area contributed by atoms with Crippen LogP contribution in [0.15, 0.2) is 77.9 Å². The van der Waals surface area contributed by atoms with Gasteiger partial charge in [-0.05, 0) is 74.3 Å². The first-order chi connectivity index (χ1) is 24.8. The summed E-state index contributed by atoms with van der Waals surface area (Å²) >= 11 is 0. The van der Waals surface area contributed by atoms with E-state index in [9.17, 15) is 14.0 Å². The highest BCUT2D eigenvalue weighted by molar-refractivity contribution is 6.06. The molecule has 4 heterocycles. The van der Waals surface area contributed by atoms with E-state index >= 15 is 4.39 Å². The van der Waals surface area contributed by atoms with Gasteiger partial charge in [0.1, 0.15) is 42.2 Å². The number of carbonyl (C=O) groups excluding carboxylic acids is 1. The fourth-order valence-electron chi connectivity index (χ4n) is 6.50. The van der Waals surface area contributed by atoms with Gasteiger partial charge in [-0.3, -0.25) is 19.1 Å². The summed E-state index contributed by atoms with van der Waals surface area (Å²) in [5.74, 6) is -0.173. The van der Waals surface area contributed by atoms with Crippen LogP contribution in [0, 0.1) is 17.6 Å². The second-order valence-corrected chi connectivity index (χ2v) is 12.2. The second-order valence-electron chi connectivity index (χ2n) is 12.2. The summed E-state index contributed by atoms with van der Waals surface area (Å²) in [5, 5.41) is 6.51. The molecule has 0 spiro atoms. The Morgan fingerprint density at radius 3 is 2.55 bits per heavy atom. The average Bonchev–Trinajstić information content (AvgIpc) is 3.15. The number of hydrogen-bond donors (Lipinski definition) is 2. The van der Waals surface area contributed by atoms with Gasteiger partial charge in [-0.2, -0.15) is 0 Å². The van der Waals surface area contributed by atoms with Gasteiger partial charge in [0, 0.05) is 48.4 Å². The minimum absolute atomic E-state index is 0.0140. The van der Waals surface area contributed by atoms with Crippen molar-refractivity contribution in [1.29, 1.82) is 0 Å². The molecule has 2 N–H and O–H groups in total. The van der Waals surface area contributed by atoms with E-state index in [1.54, 1.807) is 18.3 Å². The summed E-state index contributed by atoms with van der Waals surface area (Å²) in [6.07, 6.45) is 5.92. The van der Waals surface area contributed by atoms with Crippen molar-refractivity contribution in [3.8, 4) is 40.2 Å². The van der Waals surface area contributed by atoms with Crippen molar-refractivity contribution in [3.63, 3.8) is 0 Å². The molecule has 0 aliphatic carbocycles. The molecular weight excluding hydrogens is 662 g/mol. The van der Waals surface area contributed by atoms with E-state index in [1.165, 1.54) is 60.3 Å². The van der Waals surface area contributed by atoms with Crippen molar-refractivity contribution in [1.82, 2.24) is 14.9 Å². The molecule has 1 amide bonds. The van der Waals surface area contributed by atoms with Gasteiger partial charge in [0.25, 0.3) is 11.5 Å². The predicted octanol–water partition coefficient (Wildman–Crippen LogP) is 6.65. The minimum atomic E-state index is -0.826. The number of benzene rings is 3. The van der Waals surface area contributed by atoms with Crippen molar-refractivity contribution < 1.29 is 37.3 Å². The minimum Gasteiger partial charge on any atom is -0.496 e. The summed E-state index contributed by atoms with van der Waals surface area (Å²) in [7, 11) is 1.32. The van der Waals surface area contributed by atoms with Gasteiger partial charge in [-0.1, -0.05) is 6.92 Å². The lowest BCUT2D eigenvalue weighted by atomic mass is 9.92. The topological polar surface area (TPSA) is 122 Å². The summed E-state index contributed by atoms with van der Waals surface area (Å²) in [6.45, 7) is 4.63. The number of nitrogens with one attached hydrogen (secondary N) is 2. The molecule has 51 heavy (non-hydrogen) atoms. The molecule has 2 aromatic heterocycles. The van der Waals surface area contributed by atoms with Crippen molar-refractivity contribution in [2.24, 2.45) is 5.92 Å². The first-order valence-electron chi connectivity index (χ1n) is 16.8. The maximum Gasteiger partial charge on any atom is 0.271 e. The fraction of sp³-hybridized carbons (Fsp3) is 0.289. The van der Waals surface area contributed by atoms with Gasteiger partial charge in [0.2, 0.25) is 5.75 Å². The molecule has 2 aliphatic heterocycles. The standard InChI is InChI=1S/C38H36F2N4O7/c1-3-28(22-5-4-14-41-21-22)50-32-20-27-33(36-35(32)48-17-18-49-36)31(12-15-42-27)51-29-11-8-24(19-26(29)40)43-37(45)34-30(47-2)13-16-44(38(34)46)25-9-6-23(39)7-10-25/h6-13,15-16,19-20,22,28,41H,3-5,14,17-18,21H2,1-2H3,(H,43,45). The molecule has 0 bridgehead atoms. The largest absolute Gasteiger partial charge is 0.496 e. The number of fused-ring (bicyclic) bond motifs is 3. The Labute approximate surface area is 292 Å². The summed E-state index contributed by atoms with van der Waals surface area (Å²) in [6, 6.07) is 13.9. The maximum atomic E-state index is 15.6. The van der Waals surface area contributed by atoms with Gasteiger partial charge >= 0.3 is 0 Å². The van der Waals surface area contributed by atoms with Gasteiger partial charge in [-0.15, -0.1) is 0 Å². The number of ether oxygens (including phenoxy) is 5. The summed E-state index contributed by atoms with van der Waals surface area (Å²) in [5.41, 5.74) is -0.0844.